The number of ether oxygens (including phenoxy) is 1. The molecule has 0 bridgehead atoms. The third kappa shape index (κ3) is 2.93. The van der Waals surface area contributed by atoms with Crippen LogP contribution in [0.15, 0.2) is 28.7 Å². The number of morpholine rings is 1. The van der Waals surface area contributed by atoms with Crippen LogP contribution in [-0.4, -0.2) is 36.7 Å². The van der Waals surface area contributed by atoms with Gasteiger partial charge in [-0.25, -0.2) is 0 Å². The molecule has 1 aromatic rings. The summed E-state index contributed by atoms with van der Waals surface area (Å²) in [7, 11) is 0. The highest BCUT2D eigenvalue weighted by Crippen LogP contribution is 2.34. The molecule has 3 rings (SSSR count). The van der Waals surface area contributed by atoms with Gasteiger partial charge < -0.3 is 10.5 Å². The summed E-state index contributed by atoms with van der Waals surface area (Å²) < 4.78 is 7.09. The number of halogens is 1. The molecule has 1 aliphatic heterocycles. The van der Waals surface area contributed by atoms with Crippen molar-refractivity contribution in [1.82, 2.24) is 4.90 Å². The average molecular weight is 339 g/mol. The quantitative estimate of drug-likeness (QED) is 0.920. The van der Waals surface area contributed by atoms with Gasteiger partial charge in [-0.1, -0.05) is 40.9 Å². The Hall–Kier alpha value is -0.420. The van der Waals surface area contributed by atoms with Gasteiger partial charge in [0.2, 0.25) is 0 Å². The molecule has 1 aromatic carbocycles. The van der Waals surface area contributed by atoms with Crippen molar-refractivity contribution in [3.8, 4) is 0 Å². The second-order valence-corrected chi connectivity index (χ2v) is 6.72. The third-order valence-corrected chi connectivity index (χ3v) is 5.18. The second kappa shape index (κ2) is 6.56. The molecule has 2 aliphatic rings. The number of rotatable bonds is 3. The van der Waals surface area contributed by atoms with Crippen LogP contribution in [0.2, 0.25) is 0 Å². The Morgan fingerprint density at radius 1 is 1.25 bits per heavy atom. The van der Waals surface area contributed by atoms with Gasteiger partial charge in [-0.2, -0.15) is 0 Å². The molecule has 0 radical (unpaired) electrons. The van der Waals surface area contributed by atoms with Gasteiger partial charge in [0.15, 0.2) is 0 Å². The van der Waals surface area contributed by atoms with E-state index in [4.69, 9.17) is 10.5 Å². The van der Waals surface area contributed by atoms with Crippen LogP contribution in [-0.2, 0) is 4.74 Å². The van der Waals surface area contributed by atoms with E-state index in [0.717, 1.165) is 17.6 Å². The first-order valence-corrected chi connectivity index (χ1v) is 8.42. The first kappa shape index (κ1) is 14.5. The summed E-state index contributed by atoms with van der Waals surface area (Å²) in [5.41, 5.74) is 7.42. The highest BCUT2D eigenvalue weighted by Gasteiger charge is 2.37. The van der Waals surface area contributed by atoms with Crippen LogP contribution in [0.3, 0.4) is 0 Å². The smallest absolute Gasteiger partial charge is 0.0731 e. The summed E-state index contributed by atoms with van der Waals surface area (Å²) >= 11 is 3.50. The van der Waals surface area contributed by atoms with Crippen LogP contribution in [0.5, 0.6) is 0 Å². The highest BCUT2D eigenvalue weighted by molar-refractivity contribution is 9.10. The minimum atomic E-state index is 0.317. The van der Waals surface area contributed by atoms with E-state index in [1.54, 1.807) is 0 Å². The van der Waals surface area contributed by atoms with Gasteiger partial charge in [0.25, 0.3) is 0 Å². The molecule has 1 heterocycles. The lowest BCUT2D eigenvalue weighted by Crippen LogP contribution is -2.54. The fraction of sp³-hybridized carbons (Fsp3) is 0.625. The normalized spacial score (nSPS) is 28.9. The van der Waals surface area contributed by atoms with E-state index in [-0.39, 0.29) is 0 Å². The molecule has 2 fully saturated rings. The zero-order chi connectivity index (χ0) is 13.9. The number of benzene rings is 1. The lowest BCUT2D eigenvalue weighted by Gasteiger charge is -2.47. The van der Waals surface area contributed by atoms with E-state index in [2.05, 4.69) is 45.1 Å². The number of fused-ring (bicyclic) bond motifs is 1. The van der Waals surface area contributed by atoms with Gasteiger partial charge >= 0.3 is 0 Å². The molecular formula is C16H23BrN2O. The van der Waals surface area contributed by atoms with E-state index in [1.807, 2.05) is 0 Å². The van der Waals surface area contributed by atoms with E-state index in [9.17, 15) is 0 Å². The van der Waals surface area contributed by atoms with E-state index < -0.39 is 0 Å². The molecule has 2 N–H and O–H groups in total. The summed E-state index contributed by atoms with van der Waals surface area (Å²) in [4.78, 5) is 2.59. The van der Waals surface area contributed by atoms with Crippen LogP contribution in [0.1, 0.15) is 37.3 Å². The van der Waals surface area contributed by atoms with E-state index in [1.165, 1.54) is 31.2 Å². The Morgan fingerprint density at radius 2 is 2.00 bits per heavy atom. The maximum atomic E-state index is 6.10. The minimum absolute atomic E-state index is 0.317. The van der Waals surface area contributed by atoms with Crippen molar-refractivity contribution in [3.05, 3.63) is 34.3 Å². The molecule has 0 amide bonds. The summed E-state index contributed by atoms with van der Waals surface area (Å²) in [5.74, 6) is 0. The summed E-state index contributed by atoms with van der Waals surface area (Å²) in [6.45, 7) is 2.51. The van der Waals surface area contributed by atoms with Gasteiger partial charge in [-0.05, 0) is 30.5 Å². The first-order valence-electron chi connectivity index (χ1n) is 7.62. The molecule has 3 nitrogen and oxygen atoms in total. The van der Waals surface area contributed by atoms with Crippen molar-refractivity contribution in [2.45, 2.75) is 43.9 Å². The zero-order valence-corrected chi connectivity index (χ0v) is 13.4. The SMILES string of the molecule is NCC(c1ccc(Br)cc1)N1CCOC2CCCCC21. The molecule has 0 aromatic heterocycles. The zero-order valence-electron chi connectivity index (χ0n) is 11.8. The molecule has 20 heavy (non-hydrogen) atoms. The molecule has 0 spiro atoms. The van der Waals surface area contributed by atoms with Gasteiger partial charge in [0, 0.05) is 29.6 Å². The fourth-order valence-corrected chi connectivity index (χ4v) is 3.93. The van der Waals surface area contributed by atoms with Gasteiger partial charge in [-0.3, -0.25) is 4.90 Å². The predicted octanol–water partition coefficient (Wildman–Crippen LogP) is 3.09. The van der Waals surface area contributed by atoms with Crippen LogP contribution >= 0.6 is 15.9 Å². The Labute approximate surface area is 129 Å². The van der Waals surface area contributed by atoms with Crippen LogP contribution in [0, 0.1) is 0 Å². The number of nitrogens with two attached hydrogens (primary N) is 1. The molecular weight excluding hydrogens is 316 g/mol. The largest absolute Gasteiger partial charge is 0.375 e. The van der Waals surface area contributed by atoms with Crippen molar-refractivity contribution in [2.75, 3.05) is 19.7 Å². The van der Waals surface area contributed by atoms with Crippen LogP contribution in [0.4, 0.5) is 0 Å². The Bertz CT molecular complexity index is 435. The lowest BCUT2D eigenvalue weighted by atomic mass is 9.88. The molecule has 3 atom stereocenters. The molecule has 110 valence electrons. The molecule has 1 saturated heterocycles. The van der Waals surface area contributed by atoms with Gasteiger partial charge in [0.1, 0.15) is 0 Å². The summed E-state index contributed by atoms with van der Waals surface area (Å²) in [6, 6.07) is 9.46. The fourth-order valence-electron chi connectivity index (χ4n) is 3.66. The third-order valence-electron chi connectivity index (χ3n) is 4.65. The Morgan fingerprint density at radius 3 is 2.75 bits per heavy atom. The Balaban J connectivity index is 1.82. The molecule has 1 aliphatic carbocycles. The molecule has 1 saturated carbocycles. The van der Waals surface area contributed by atoms with Crippen molar-refractivity contribution < 1.29 is 4.74 Å². The summed E-state index contributed by atoms with van der Waals surface area (Å²) in [6.07, 6.45) is 5.50. The first-order chi connectivity index (χ1) is 9.79. The van der Waals surface area contributed by atoms with Crippen molar-refractivity contribution in [3.63, 3.8) is 0 Å². The van der Waals surface area contributed by atoms with Crippen LogP contribution in [0.25, 0.3) is 0 Å². The maximum Gasteiger partial charge on any atom is 0.0731 e. The number of hydrogen-bond donors (Lipinski definition) is 1. The minimum Gasteiger partial charge on any atom is -0.375 e. The van der Waals surface area contributed by atoms with Crippen molar-refractivity contribution in [2.24, 2.45) is 5.73 Å². The monoisotopic (exact) mass is 338 g/mol. The van der Waals surface area contributed by atoms with Crippen molar-refractivity contribution in [1.29, 1.82) is 0 Å². The Kier molecular flexibility index (Phi) is 4.76. The average Bonchev–Trinajstić information content (AvgIpc) is 2.50. The number of nitrogens with zero attached hydrogens (tertiary/aromatic N) is 1. The highest BCUT2D eigenvalue weighted by atomic mass is 79.9. The predicted molar refractivity (Wildman–Crippen MR) is 84.6 cm³/mol. The standard InChI is InChI=1S/C16H23BrN2O/c17-13-7-5-12(6-8-13)15(11-18)19-9-10-20-16-4-2-1-3-14(16)19/h5-8,14-16H,1-4,9-11,18H2. The van der Waals surface area contributed by atoms with E-state index in [0.29, 0.717) is 24.7 Å². The molecule has 4 heteroatoms. The number of hydrogen-bond acceptors (Lipinski definition) is 3. The van der Waals surface area contributed by atoms with E-state index >= 15 is 0 Å². The van der Waals surface area contributed by atoms with Gasteiger partial charge in [0.05, 0.1) is 12.7 Å². The topological polar surface area (TPSA) is 38.5 Å². The van der Waals surface area contributed by atoms with Crippen LogP contribution < -0.4 is 5.73 Å². The van der Waals surface area contributed by atoms with Crippen molar-refractivity contribution >= 4 is 15.9 Å². The lowest BCUT2D eigenvalue weighted by molar-refractivity contribution is -0.102. The molecule has 3 unspecified atom stereocenters. The van der Waals surface area contributed by atoms with Gasteiger partial charge in [-0.15, -0.1) is 0 Å². The summed E-state index contributed by atoms with van der Waals surface area (Å²) in [5, 5.41) is 0. The maximum absolute atomic E-state index is 6.10. The second-order valence-electron chi connectivity index (χ2n) is 5.80.